The van der Waals surface area contributed by atoms with Crippen molar-refractivity contribution in [3.63, 3.8) is 0 Å². The maximum absolute atomic E-state index is 13.7. The zero-order valence-electron chi connectivity index (χ0n) is 17.3. The van der Waals surface area contributed by atoms with E-state index < -0.39 is 29.3 Å². The van der Waals surface area contributed by atoms with Gasteiger partial charge in [0.15, 0.2) is 0 Å². The van der Waals surface area contributed by atoms with Crippen LogP contribution >= 0.6 is 0 Å². The third-order valence-corrected chi connectivity index (χ3v) is 4.99. The molecule has 0 saturated heterocycles. The Bertz CT molecular complexity index is 1330. The number of benzene rings is 3. The summed E-state index contributed by atoms with van der Waals surface area (Å²) in [7, 11) is 0. The predicted molar refractivity (Wildman–Crippen MR) is 115 cm³/mol. The standard InChI is InChI=1S/C24H16F5N3O2/c25-18-5-1-14(2-6-18)22-16(12-30-20-10-17(24(27,28)29)9-19(26)11-20)13-32(31-22)21-7-3-15(4-8-21)23(33)34/h1-11,13,30H,12H2,(H,33,34). The number of halogens is 5. The van der Waals surface area contributed by atoms with E-state index in [1.54, 1.807) is 18.3 Å². The van der Waals surface area contributed by atoms with Gasteiger partial charge in [-0.05, 0) is 66.7 Å². The van der Waals surface area contributed by atoms with E-state index in [-0.39, 0.29) is 17.8 Å². The van der Waals surface area contributed by atoms with Gasteiger partial charge in [-0.25, -0.2) is 18.3 Å². The average Bonchev–Trinajstić information content (AvgIpc) is 3.21. The van der Waals surface area contributed by atoms with Gasteiger partial charge in [-0.15, -0.1) is 0 Å². The van der Waals surface area contributed by atoms with Crippen LogP contribution in [0.2, 0.25) is 0 Å². The number of carbonyl (C=O) groups is 1. The van der Waals surface area contributed by atoms with Gasteiger partial charge in [0.25, 0.3) is 0 Å². The van der Waals surface area contributed by atoms with Gasteiger partial charge in [-0.1, -0.05) is 0 Å². The Labute approximate surface area is 190 Å². The third-order valence-electron chi connectivity index (χ3n) is 4.99. The minimum atomic E-state index is -4.70. The third kappa shape index (κ3) is 5.06. The van der Waals surface area contributed by atoms with Gasteiger partial charge in [0.1, 0.15) is 11.6 Å². The lowest BCUT2D eigenvalue weighted by Gasteiger charge is -2.11. The van der Waals surface area contributed by atoms with E-state index in [1.807, 2.05) is 0 Å². The smallest absolute Gasteiger partial charge is 0.416 e. The summed E-state index contributed by atoms with van der Waals surface area (Å²) in [4.78, 5) is 11.1. The highest BCUT2D eigenvalue weighted by Gasteiger charge is 2.31. The molecular formula is C24H16F5N3O2. The summed E-state index contributed by atoms with van der Waals surface area (Å²) >= 11 is 0. The molecule has 0 amide bonds. The number of carboxylic acid groups (broad SMARTS) is 1. The number of hydrogen-bond donors (Lipinski definition) is 2. The van der Waals surface area contributed by atoms with Gasteiger partial charge in [0.05, 0.1) is 22.5 Å². The number of nitrogens with zero attached hydrogens (tertiary/aromatic N) is 2. The molecule has 4 aromatic rings. The zero-order valence-corrected chi connectivity index (χ0v) is 17.3. The Kier molecular flexibility index (Phi) is 6.06. The summed E-state index contributed by atoms with van der Waals surface area (Å²) in [5.74, 6) is -2.57. The first-order chi connectivity index (χ1) is 16.1. The number of alkyl halides is 3. The molecule has 10 heteroatoms. The lowest BCUT2D eigenvalue weighted by molar-refractivity contribution is -0.137. The molecule has 0 aliphatic heterocycles. The molecule has 0 saturated carbocycles. The molecule has 2 N–H and O–H groups in total. The Morgan fingerprint density at radius 3 is 2.24 bits per heavy atom. The zero-order chi connectivity index (χ0) is 24.5. The fourth-order valence-electron chi connectivity index (χ4n) is 3.33. The highest BCUT2D eigenvalue weighted by Crippen LogP contribution is 2.32. The number of rotatable bonds is 6. The summed E-state index contributed by atoms with van der Waals surface area (Å²) in [6, 6.07) is 13.6. The van der Waals surface area contributed by atoms with Crippen molar-refractivity contribution in [3.05, 3.63) is 101 Å². The van der Waals surface area contributed by atoms with Crippen LogP contribution in [0, 0.1) is 11.6 Å². The van der Waals surface area contributed by atoms with E-state index in [0.717, 1.165) is 12.1 Å². The van der Waals surface area contributed by atoms with Crippen LogP contribution in [0.4, 0.5) is 27.6 Å². The van der Waals surface area contributed by atoms with Gasteiger partial charge in [0, 0.05) is 29.6 Å². The first-order valence-corrected chi connectivity index (χ1v) is 9.90. The molecule has 0 fully saturated rings. The number of anilines is 1. The van der Waals surface area contributed by atoms with E-state index in [1.165, 1.54) is 41.1 Å². The second-order valence-corrected chi connectivity index (χ2v) is 7.39. The molecule has 34 heavy (non-hydrogen) atoms. The van der Waals surface area contributed by atoms with Gasteiger partial charge in [-0.3, -0.25) is 0 Å². The van der Waals surface area contributed by atoms with Crippen molar-refractivity contribution in [2.75, 3.05) is 5.32 Å². The van der Waals surface area contributed by atoms with E-state index in [4.69, 9.17) is 5.11 Å². The monoisotopic (exact) mass is 473 g/mol. The number of hydrogen-bond acceptors (Lipinski definition) is 3. The molecule has 0 aliphatic rings. The van der Waals surface area contributed by atoms with Crippen molar-refractivity contribution in [3.8, 4) is 16.9 Å². The quantitative estimate of drug-likeness (QED) is 0.330. The number of carboxylic acids is 1. The van der Waals surface area contributed by atoms with Crippen molar-refractivity contribution < 1.29 is 31.9 Å². The highest BCUT2D eigenvalue weighted by molar-refractivity contribution is 5.87. The van der Waals surface area contributed by atoms with Crippen molar-refractivity contribution >= 4 is 11.7 Å². The van der Waals surface area contributed by atoms with Crippen molar-refractivity contribution in [1.82, 2.24) is 9.78 Å². The van der Waals surface area contributed by atoms with E-state index >= 15 is 0 Å². The lowest BCUT2D eigenvalue weighted by Crippen LogP contribution is -2.07. The molecule has 0 radical (unpaired) electrons. The van der Waals surface area contributed by atoms with Crippen molar-refractivity contribution in [2.45, 2.75) is 12.7 Å². The molecule has 5 nitrogen and oxygen atoms in total. The minimum absolute atomic E-state index is 0.0132. The van der Waals surface area contributed by atoms with Gasteiger partial charge in [0.2, 0.25) is 0 Å². The lowest BCUT2D eigenvalue weighted by atomic mass is 10.1. The van der Waals surface area contributed by atoms with Crippen LogP contribution in [0.1, 0.15) is 21.5 Å². The topological polar surface area (TPSA) is 67.2 Å². The number of nitrogens with one attached hydrogen (secondary N) is 1. The molecule has 0 unspecified atom stereocenters. The summed E-state index contributed by atoms with van der Waals surface area (Å²) in [5, 5.41) is 16.3. The summed E-state index contributed by atoms with van der Waals surface area (Å²) in [6.45, 7) is -0.0132. The van der Waals surface area contributed by atoms with Gasteiger partial charge >= 0.3 is 12.1 Å². The SMILES string of the molecule is O=C(O)c1ccc(-n2cc(CNc3cc(F)cc(C(F)(F)F)c3)c(-c3ccc(F)cc3)n2)cc1. The van der Waals surface area contributed by atoms with Crippen LogP contribution in [0.3, 0.4) is 0 Å². The molecular weight excluding hydrogens is 457 g/mol. The molecule has 174 valence electrons. The van der Waals surface area contributed by atoms with Crippen molar-refractivity contribution in [2.24, 2.45) is 0 Å². The summed E-state index contributed by atoms with van der Waals surface area (Å²) in [5.41, 5.74) is 0.926. The predicted octanol–water partition coefficient (Wildman–Crippen LogP) is 6.15. The van der Waals surface area contributed by atoms with E-state index in [0.29, 0.717) is 28.6 Å². The Morgan fingerprint density at radius 2 is 1.62 bits per heavy atom. The molecule has 0 aliphatic carbocycles. The molecule has 4 rings (SSSR count). The van der Waals surface area contributed by atoms with E-state index in [9.17, 15) is 26.7 Å². The molecule has 1 aromatic heterocycles. The molecule has 0 atom stereocenters. The normalized spacial score (nSPS) is 11.4. The first-order valence-electron chi connectivity index (χ1n) is 9.90. The fraction of sp³-hybridized carbons (Fsp3) is 0.0833. The highest BCUT2D eigenvalue weighted by atomic mass is 19.4. The molecule has 0 bridgehead atoms. The first kappa shape index (κ1) is 23.0. The van der Waals surface area contributed by atoms with Gasteiger partial charge < -0.3 is 10.4 Å². The van der Waals surface area contributed by atoms with Crippen LogP contribution in [0.25, 0.3) is 16.9 Å². The van der Waals surface area contributed by atoms with Crippen LogP contribution in [0.5, 0.6) is 0 Å². The molecule has 1 heterocycles. The maximum Gasteiger partial charge on any atom is 0.416 e. The van der Waals surface area contributed by atoms with Crippen LogP contribution in [-0.4, -0.2) is 20.9 Å². The van der Waals surface area contributed by atoms with Crippen LogP contribution in [-0.2, 0) is 12.7 Å². The number of aromatic carboxylic acids is 1. The van der Waals surface area contributed by atoms with Gasteiger partial charge in [-0.2, -0.15) is 18.3 Å². The largest absolute Gasteiger partial charge is 0.478 e. The summed E-state index contributed by atoms with van der Waals surface area (Å²) in [6.07, 6.45) is -3.10. The maximum atomic E-state index is 13.7. The summed E-state index contributed by atoms with van der Waals surface area (Å²) < 4.78 is 67.7. The Balaban J connectivity index is 1.69. The number of aromatic nitrogens is 2. The second kappa shape index (κ2) is 8.97. The molecule has 0 spiro atoms. The Hall–Kier alpha value is -4.21. The van der Waals surface area contributed by atoms with Crippen LogP contribution < -0.4 is 5.32 Å². The average molecular weight is 473 g/mol. The Morgan fingerprint density at radius 1 is 0.941 bits per heavy atom. The van der Waals surface area contributed by atoms with Crippen LogP contribution in [0.15, 0.2) is 72.9 Å². The van der Waals surface area contributed by atoms with Crippen molar-refractivity contribution in [1.29, 1.82) is 0 Å². The minimum Gasteiger partial charge on any atom is -0.478 e. The fourth-order valence-corrected chi connectivity index (χ4v) is 3.33. The molecule has 3 aromatic carbocycles. The second-order valence-electron chi connectivity index (χ2n) is 7.39. The van der Waals surface area contributed by atoms with E-state index in [2.05, 4.69) is 10.4 Å².